The lowest BCUT2D eigenvalue weighted by Crippen LogP contribution is -2.41. The van der Waals surface area contributed by atoms with E-state index in [1.54, 1.807) is 31.0 Å². The molecule has 0 aliphatic heterocycles. The van der Waals surface area contributed by atoms with Gasteiger partial charge in [-0.3, -0.25) is 9.59 Å². The molecule has 0 saturated carbocycles. The van der Waals surface area contributed by atoms with E-state index >= 15 is 0 Å². The second-order valence-corrected chi connectivity index (χ2v) is 7.14. The van der Waals surface area contributed by atoms with Gasteiger partial charge in [0.1, 0.15) is 10.7 Å². The highest BCUT2D eigenvalue weighted by Gasteiger charge is 2.22. The monoisotopic (exact) mass is 377 g/mol. The van der Waals surface area contributed by atoms with E-state index in [-0.39, 0.29) is 24.2 Å². The van der Waals surface area contributed by atoms with Crippen LogP contribution in [0.2, 0.25) is 0 Å². The van der Waals surface area contributed by atoms with Gasteiger partial charge in [0.2, 0.25) is 5.91 Å². The molecule has 0 saturated heterocycles. The number of aryl methyl sites for hydroxylation is 1. The first kappa shape index (κ1) is 20.0. The Balaban J connectivity index is 2.08. The minimum absolute atomic E-state index is 0.0468. The van der Waals surface area contributed by atoms with Crippen LogP contribution in [0.3, 0.4) is 0 Å². The van der Waals surface area contributed by atoms with Gasteiger partial charge < -0.3 is 9.80 Å². The maximum atomic E-state index is 13.0. The van der Waals surface area contributed by atoms with Crippen molar-refractivity contribution < 1.29 is 14.0 Å². The number of benzene rings is 1. The van der Waals surface area contributed by atoms with Gasteiger partial charge in [-0.25, -0.2) is 9.37 Å². The summed E-state index contributed by atoms with van der Waals surface area (Å²) in [5, 5.41) is 0.793. The van der Waals surface area contributed by atoms with Crippen molar-refractivity contribution in [3.05, 3.63) is 51.2 Å². The molecular formula is C19H24FN3O2S. The Morgan fingerprint density at radius 2 is 1.77 bits per heavy atom. The molecule has 0 unspecified atom stereocenters. The van der Waals surface area contributed by atoms with Crippen molar-refractivity contribution in [3.8, 4) is 0 Å². The third-order valence-electron chi connectivity index (χ3n) is 4.14. The molecule has 0 atom stereocenters. The molecule has 140 valence electrons. The number of thiazole rings is 1. The summed E-state index contributed by atoms with van der Waals surface area (Å²) in [7, 11) is 1.63. The van der Waals surface area contributed by atoms with Crippen molar-refractivity contribution in [1.29, 1.82) is 0 Å². The fourth-order valence-electron chi connectivity index (χ4n) is 2.63. The zero-order valence-corrected chi connectivity index (χ0v) is 16.4. The van der Waals surface area contributed by atoms with E-state index in [0.29, 0.717) is 30.1 Å². The van der Waals surface area contributed by atoms with E-state index < -0.39 is 0 Å². The Morgan fingerprint density at radius 1 is 1.15 bits per heavy atom. The van der Waals surface area contributed by atoms with Crippen LogP contribution in [0.25, 0.3) is 0 Å². The van der Waals surface area contributed by atoms with Crippen LogP contribution in [0.4, 0.5) is 4.39 Å². The molecule has 0 aliphatic rings. The average Bonchev–Trinajstić information content (AvgIpc) is 2.97. The molecule has 1 heterocycles. The van der Waals surface area contributed by atoms with Gasteiger partial charge in [-0.1, -0.05) is 12.1 Å². The highest BCUT2D eigenvalue weighted by Crippen LogP contribution is 2.22. The number of likely N-dealkylation sites (N-methyl/N-ethyl adjacent to an activating group) is 2. The van der Waals surface area contributed by atoms with E-state index in [4.69, 9.17) is 0 Å². The molecule has 0 bridgehead atoms. The molecule has 5 nitrogen and oxygen atoms in total. The van der Waals surface area contributed by atoms with Crippen molar-refractivity contribution in [2.45, 2.75) is 27.2 Å². The van der Waals surface area contributed by atoms with Gasteiger partial charge in [0.05, 0.1) is 17.2 Å². The number of halogens is 1. The van der Waals surface area contributed by atoms with Gasteiger partial charge in [0.15, 0.2) is 0 Å². The second kappa shape index (κ2) is 8.89. The van der Waals surface area contributed by atoms with Crippen LogP contribution in [0.15, 0.2) is 24.3 Å². The lowest BCUT2D eigenvalue weighted by atomic mass is 10.1. The van der Waals surface area contributed by atoms with Crippen molar-refractivity contribution in [2.75, 3.05) is 26.7 Å². The van der Waals surface area contributed by atoms with Crippen molar-refractivity contribution >= 4 is 23.2 Å². The quantitative estimate of drug-likeness (QED) is 0.745. The smallest absolute Gasteiger partial charge is 0.266 e. The van der Waals surface area contributed by atoms with E-state index in [0.717, 1.165) is 10.6 Å². The van der Waals surface area contributed by atoms with Crippen LogP contribution in [0, 0.1) is 12.7 Å². The highest BCUT2D eigenvalue weighted by atomic mass is 32.1. The predicted octanol–water partition coefficient (Wildman–Crippen LogP) is 3.12. The molecule has 1 aromatic carbocycles. The van der Waals surface area contributed by atoms with Crippen LogP contribution < -0.4 is 0 Å². The van der Waals surface area contributed by atoms with Gasteiger partial charge in [0, 0.05) is 26.6 Å². The molecule has 26 heavy (non-hydrogen) atoms. The molecule has 0 fully saturated rings. The zero-order chi connectivity index (χ0) is 19.3. The van der Waals surface area contributed by atoms with Crippen LogP contribution in [0.1, 0.15) is 39.8 Å². The number of hydrogen-bond acceptors (Lipinski definition) is 4. The fourth-order valence-corrected chi connectivity index (χ4v) is 3.72. The minimum Gasteiger partial charge on any atom is -0.342 e. The van der Waals surface area contributed by atoms with Crippen molar-refractivity contribution in [2.24, 2.45) is 0 Å². The lowest BCUT2D eigenvalue weighted by Gasteiger charge is -2.22. The Morgan fingerprint density at radius 3 is 2.35 bits per heavy atom. The highest BCUT2D eigenvalue weighted by molar-refractivity contribution is 7.13. The topological polar surface area (TPSA) is 53.5 Å². The largest absolute Gasteiger partial charge is 0.342 e. The Bertz CT molecular complexity index is 770. The van der Waals surface area contributed by atoms with Crippen molar-refractivity contribution in [1.82, 2.24) is 14.8 Å². The van der Waals surface area contributed by atoms with E-state index in [1.165, 1.54) is 28.4 Å². The molecule has 0 spiro atoms. The summed E-state index contributed by atoms with van der Waals surface area (Å²) in [6, 6.07) is 6.24. The molecule has 2 aromatic rings. The standard InChI is InChI=1S/C19H24FN3O2S/c1-5-23(6-2)17(24)12-22(4)19(25)18-13(3)21-16(26-18)11-14-7-9-15(20)10-8-14/h7-10H,5-6,11-12H2,1-4H3. The first-order valence-corrected chi connectivity index (χ1v) is 9.41. The summed E-state index contributed by atoms with van der Waals surface area (Å²) in [6.45, 7) is 6.91. The second-order valence-electron chi connectivity index (χ2n) is 6.05. The summed E-state index contributed by atoms with van der Waals surface area (Å²) in [4.78, 5) is 33.0. The van der Waals surface area contributed by atoms with E-state index in [1.807, 2.05) is 13.8 Å². The zero-order valence-electron chi connectivity index (χ0n) is 15.6. The number of rotatable bonds is 7. The predicted molar refractivity (Wildman–Crippen MR) is 101 cm³/mol. The summed E-state index contributed by atoms with van der Waals surface area (Å²) in [5.41, 5.74) is 1.59. The van der Waals surface area contributed by atoms with Crippen LogP contribution in [0.5, 0.6) is 0 Å². The maximum Gasteiger partial charge on any atom is 0.266 e. The third-order valence-corrected chi connectivity index (χ3v) is 5.28. The Hall–Kier alpha value is -2.28. The van der Waals surface area contributed by atoms with Crippen LogP contribution >= 0.6 is 11.3 Å². The van der Waals surface area contributed by atoms with Gasteiger partial charge in [0.25, 0.3) is 5.91 Å². The maximum absolute atomic E-state index is 13.0. The Kier molecular flexibility index (Phi) is 6.85. The van der Waals surface area contributed by atoms with Crippen molar-refractivity contribution in [3.63, 3.8) is 0 Å². The van der Waals surface area contributed by atoms with Gasteiger partial charge in [-0.05, 0) is 38.5 Å². The van der Waals surface area contributed by atoms with E-state index in [2.05, 4.69) is 4.98 Å². The third kappa shape index (κ3) is 4.88. The number of carbonyl (C=O) groups excluding carboxylic acids is 2. The summed E-state index contributed by atoms with van der Waals surface area (Å²) >= 11 is 1.32. The van der Waals surface area contributed by atoms with Gasteiger partial charge in [-0.2, -0.15) is 0 Å². The van der Waals surface area contributed by atoms with Crippen LogP contribution in [-0.2, 0) is 11.2 Å². The molecule has 0 radical (unpaired) electrons. The lowest BCUT2D eigenvalue weighted by molar-refractivity contribution is -0.131. The summed E-state index contributed by atoms with van der Waals surface area (Å²) in [6.07, 6.45) is 0.543. The summed E-state index contributed by atoms with van der Waals surface area (Å²) < 4.78 is 13.0. The molecule has 0 N–H and O–H groups in total. The van der Waals surface area contributed by atoms with E-state index in [9.17, 15) is 14.0 Å². The van der Waals surface area contributed by atoms with Gasteiger partial charge in [-0.15, -0.1) is 11.3 Å². The number of aromatic nitrogens is 1. The molecule has 2 amide bonds. The molecule has 2 rings (SSSR count). The number of nitrogens with zero attached hydrogens (tertiary/aromatic N) is 3. The average molecular weight is 377 g/mol. The van der Waals surface area contributed by atoms with Gasteiger partial charge >= 0.3 is 0 Å². The molecule has 7 heteroatoms. The number of hydrogen-bond donors (Lipinski definition) is 0. The SMILES string of the molecule is CCN(CC)C(=O)CN(C)C(=O)c1sc(Cc2ccc(F)cc2)nc1C. The number of amides is 2. The fraction of sp³-hybridized carbons (Fsp3) is 0.421. The first-order chi connectivity index (χ1) is 12.3. The minimum atomic E-state index is -0.278. The molecule has 0 aliphatic carbocycles. The normalized spacial score (nSPS) is 10.7. The Labute approximate surface area is 157 Å². The molecular weight excluding hydrogens is 353 g/mol. The first-order valence-electron chi connectivity index (χ1n) is 8.59. The summed E-state index contributed by atoms with van der Waals surface area (Å²) in [5.74, 6) is -0.551. The van der Waals surface area contributed by atoms with Crippen LogP contribution in [-0.4, -0.2) is 53.3 Å². The molecule has 1 aromatic heterocycles. The number of carbonyl (C=O) groups is 2.